The number of aromatic hydroxyl groups is 1. The van der Waals surface area contributed by atoms with Crippen LogP contribution < -0.4 is 15.4 Å². The summed E-state index contributed by atoms with van der Waals surface area (Å²) in [5, 5.41) is 17.8. The van der Waals surface area contributed by atoms with Gasteiger partial charge in [-0.1, -0.05) is 43.6 Å². The molecule has 2 aliphatic rings. The van der Waals surface area contributed by atoms with Crippen molar-refractivity contribution < 1.29 is 14.6 Å². The molecule has 1 unspecified atom stereocenters. The first kappa shape index (κ1) is 22.3. The van der Waals surface area contributed by atoms with E-state index in [0.717, 1.165) is 17.0 Å². The number of pyridine rings is 1. The fourth-order valence-electron chi connectivity index (χ4n) is 4.66. The Hall–Kier alpha value is -3.51. The zero-order valence-corrected chi connectivity index (χ0v) is 19.8. The van der Waals surface area contributed by atoms with Crippen LogP contribution >= 0.6 is 11.6 Å². The molecular weight excluding hydrogens is 450 g/mol. The van der Waals surface area contributed by atoms with E-state index in [2.05, 4.69) is 29.5 Å². The predicted octanol–water partition coefficient (Wildman–Crippen LogP) is 6.24. The van der Waals surface area contributed by atoms with E-state index in [1.807, 2.05) is 36.4 Å². The molecule has 5 rings (SSSR count). The summed E-state index contributed by atoms with van der Waals surface area (Å²) in [5.41, 5.74) is 4.14. The van der Waals surface area contributed by atoms with Crippen LogP contribution in [0, 0.1) is 5.41 Å². The molecule has 34 heavy (non-hydrogen) atoms. The van der Waals surface area contributed by atoms with Crippen LogP contribution in [0.2, 0.25) is 5.02 Å². The normalized spacial score (nSPS) is 18.8. The maximum atomic E-state index is 13.4. The largest absolute Gasteiger partial charge is 0.506 e. The van der Waals surface area contributed by atoms with Crippen molar-refractivity contribution in [3.05, 3.63) is 88.3 Å². The number of anilines is 2. The number of aromatic nitrogens is 1. The van der Waals surface area contributed by atoms with Crippen molar-refractivity contribution in [1.29, 1.82) is 0 Å². The Kier molecular flexibility index (Phi) is 5.70. The molecule has 1 atom stereocenters. The van der Waals surface area contributed by atoms with Crippen LogP contribution in [0.3, 0.4) is 0 Å². The second-order valence-corrected chi connectivity index (χ2v) is 9.94. The first-order valence-corrected chi connectivity index (χ1v) is 11.6. The number of carbonyl (C=O) groups is 1. The summed E-state index contributed by atoms with van der Waals surface area (Å²) in [6, 6.07) is 16.0. The van der Waals surface area contributed by atoms with Gasteiger partial charge in [-0.3, -0.25) is 9.78 Å². The number of fused-ring (bicyclic) bond motifs is 1. The van der Waals surface area contributed by atoms with Crippen LogP contribution in [-0.2, 0) is 11.4 Å². The molecule has 7 heteroatoms. The average Bonchev–Trinajstić information content (AvgIpc) is 2.95. The second-order valence-electron chi connectivity index (χ2n) is 9.53. The molecule has 3 aromatic rings. The number of phenolic OH excluding ortho intramolecular Hbond substituents is 1. The maximum absolute atomic E-state index is 13.4. The van der Waals surface area contributed by atoms with Crippen LogP contribution in [0.15, 0.2) is 72.1 Å². The van der Waals surface area contributed by atoms with Crippen LogP contribution in [-0.4, -0.2) is 15.9 Å². The monoisotopic (exact) mass is 475 g/mol. The molecule has 6 nitrogen and oxygen atoms in total. The van der Waals surface area contributed by atoms with Crippen molar-refractivity contribution in [2.75, 3.05) is 10.6 Å². The lowest BCUT2D eigenvalue weighted by molar-refractivity contribution is -0.118. The average molecular weight is 476 g/mol. The summed E-state index contributed by atoms with van der Waals surface area (Å²) < 4.78 is 5.88. The van der Waals surface area contributed by atoms with Gasteiger partial charge < -0.3 is 20.5 Å². The zero-order chi connectivity index (χ0) is 23.9. The molecule has 0 radical (unpaired) electrons. The van der Waals surface area contributed by atoms with Crippen LogP contribution in [0.5, 0.6) is 11.5 Å². The van der Waals surface area contributed by atoms with Crippen molar-refractivity contribution >= 4 is 28.8 Å². The van der Waals surface area contributed by atoms with E-state index in [4.69, 9.17) is 16.3 Å². The first-order valence-electron chi connectivity index (χ1n) is 11.2. The molecule has 0 amide bonds. The lowest BCUT2D eigenvalue weighted by atomic mass is 9.73. The van der Waals surface area contributed by atoms with E-state index < -0.39 is 6.04 Å². The van der Waals surface area contributed by atoms with Crippen molar-refractivity contribution in [3.8, 4) is 11.5 Å². The third kappa shape index (κ3) is 4.33. The van der Waals surface area contributed by atoms with E-state index in [1.165, 1.54) is 0 Å². The van der Waals surface area contributed by atoms with Gasteiger partial charge in [-0.25, -0.2) is 0 Å². The molecule has 2 aromatic carbocycles. The van der Waals surface area contributed by atoms with Gasteiger partial charge in [-0.2, -0.15) is 0 Å². The smallest absolute Gasteiger partial charge is 0.163 e. The number of carbonyl (C=O) groups excluding carboxylic acids is 1. The van der Waals surface area contributed by atoms with Gasteiger partial charge in [0.05, 0.1) is 17.4 Å². The minimum atomic E-state index is -0.466. The van der Waals surface area contributed by atoms with E-state index in [0.29, 0.717) is 47.2 Å². The SMILES string of the molecule is CC1(C)CC(=O)C2=C(C1)Nc1c(O)cccc1NC2c1ccc(OCc2ccccn2)cc1Cl. The van der Waals surface area contributed by atoms with Crippen LogP contribution in [0.4, 0.5) is 11.4 Å². The molecule has 0 fully saturated rings. The summed E-state index contributed by atoms with van der Waals surface area (Å²) in [5.74, 6) is 0.808. The Labute approximate surface area is 203 Å². The molecule has 1 aromatic heterocycles. The number of nitrogens with one attached hydrogen (secondary N) is 2. The highest BCUT2D eigenvalue weighted by Crippen LogP contribution is 2.48. The van der Waals surface area contributed by atoms with E-state index >= 15 is 0 Å². The van der Waals surface area contributed by atoms with Crippen molar-refractivity contribution in [1.82, 2.24) is 4.98 Å². The Morgan fingerprint density at radius 2 is 2.00 bits per heavy atom. The number of nitrogens with zero attached hydrogens (tertiary/aromatic N) is 1. The number of hydrogen-bond acceptors (Lipinski definition) is 6. The standard InChI is InChI=1S/C27H26ClN3O3/c1-27(2)13-21-24(23(33)14-27)25(30-20-7-5-8-22(32)26(20)31-21)18-10-9-17(12-19(18)28)34-15-16-6-3-4-11-29-16/h3-12,25,30-32H,13-15H2,1-2H3. The molecule has 0 bridgehead atoms. The Morgan fingerprint density at radius 1 is 1.15 bits per heavy atom. The van der Waals surface area contributed by atoms with E-state index in [1.54, 1.807) is 24.4 Å². The number of benzene rings is 2. The number of ketones is 1. The molecule has 0 saturated heterocycles. The Morgan fingerprint density at radius 3 is 2.76 bits per heavy atom. The van der Waals surface area contributed by atoms with Gasteiger partial charge >= 0.3 is 0 Å². The Bertz CT molecular complexity index is 1290. The highest BCUT2D eigenvalue weighted by Gasteiger charge is 2.39. The molecule has 0 saturated carbocycles. The molecule has 174 valence electrons. The molecule has 1 aliphatic heterocycles. The number of phenols is 1. The van der Waals surface area contributed by atoms with Crippen LogP contribution in [0.1, 0.15) is 44.0 Å². The fourth-order valence-corrected chi connectivity index (χ4v) is 4.94. The topological polar surface area (TPSA) is 83.5 Å². The number of Topliss-reactive ketones (excluding diaryl/α,β-unsaturated/α-hetero) is 1. The fraction of sp³-hybridized carbons (Fsp3) is 0.259. The van der Waals surface area contributed by atoms with Gasteiger partial charge in [0.15, 0.2) is 5.78 Å². The van der Waals surface area contributed by atoms with Crippen molar-refractivity contribution in [3.63, 3.8) is 0 Å². The third-order valence-electron chi connectivity index (χ3n) is 6.22. The highest BCUT2D eigenvalue weighted by molar-refractivity contribution is 6.31. The maximum Gasteiger partial charge on any atom is 0.163 e. The number of allylic oxidation sites excluding steroid dienone is 1. The van der Waals surface area contributed by atoms with Crippen molar-refractivity contribution in [2.45, 2.75) is 39.3 Å². The van der Waals surface area contributed by atoms with E-state index in [-0.39, 0.29) is 16.9 Å². The minimum absolute atomic E-state index is 0.0649. The summed E-state index contributed by atoms with van der Waals surface area (Å²) >= 11 is 6.75. The molecule has 1 aliphatic carbocycles. The van der Waals surface area contributed by atoms with Gasteiger partial charge in [-0.15, -0.1) is 0 Å². The Balaban J connectivity index is 1.52. The number of para-hydroxylation sites is 1. The number of ether oxygens (including phenoxy) is 1. The molecule has 2 heterocycles. The highest BCUT2D eigenvalue weighted by atomic mass is 35.5. The van der Waals surface area contributed by atoms with Crippen LogP contribution in [0.25, 0.3) is 0 Å². The molecule has 3 N–H and O–H groups in total. The summed E-state index contributed by atoms with van der Waals surface area (Å²) in [6.45, 7) is 4.49. The predicted molar refractivity (Wildman–Crippen MR) is 133 cm³/mol. The van der Waals surface area contributed by atoms with Gasteiger partial charge in [0, 0.05) is 28.9 Å². The first-order chi connectivity index (χ1) is 16.3. The van der Waals surface area contributed by atoms with Gasteiger partial charge in [0.25, 0.3) is 0 Å². The summed E-state index contributed by atoms with van der Waals surface area (Å²) in [7, 11) is 0. The number of rotatable bonds is 4. The van der Waals surface area contributed by atoms with Gasteiger partial charge in [-0.05, 0) is 53.8 Å². The minimum Gasteiger partial charge on any atom is -0.506 e. The number of halogens is 1. The molecule has 0 spiro atoms. The summed E-state index contributed by atoms with van der Waals surface area (Å²) in [6.07, 6.45) is 2.85. The molecular formula is C27H26ClN3O3. The lowest BCUT2D eigenvalue weighted by Crippen LogP contribution is -2.31. The van der Waals surface area contributed by atoms with E-state index in [9.17, 15) is 9.90 Å². The van der Waals surface area contributed by atoms with Gasteiger partial charge in [0.2, 0.25) is 0 Å². The van der Waals surface area contributed by atoms with Crippen molar-refractivity contribution in [2.24, 2.45) is 5.41 Å². The lowest BCUT2D eigenvalue weighted by Gasteiger charge is -2.34. The zero-order valence-electron chi connectivity index (χ0n) is 19.1. The summed E-state index contributed by atoms with van der Waals surface area (Å²) in [4.78, 5) is 17.7. The second kappa shape index (κ2) is 8.69. The number of hydrogen-bond donors (Lipinski definition) is 3. The third-order valence-corrected chi connectivity index (χ3v) is 6.55. The van der Waals surface area contributed by atoms with Gasteiger partial charge in [0.1, 0.15) is 23.8 Å². The quantitative estimate of drug-likeness (QED) is 0.387.